The summed E-state index contributed by atoms with van der Waals surface area (Å²) in [5, 5.41) is 0. The Hall–Kier alpha value is -2.37. The largest absolute Gasteiger partial charge is 0.493 e. The zero-order valence-electron chi connectivity index (χ0n) is 20.3. The summed E-state index contributed by atoms with van der Waals surface area (Å²) in [6.07, 6.45) is 0.194. The lowest BCUT2D eigenvalue weighted by Crippen LogP contribution is -2.41. The summed E-state index contributed by atoms with van der Waals surface area (Å²) in [7, 11) is 2.51. The first-order chi connectivity index (χ1) is 14.2. The number of carbonyl (C=O) groups is 3. The van der Waals surface area contributed by atoms with Gasteiger partial charge in [0.15, 0.2) is 5.92 Å². The van der Waals surface area contributed by atoms with Gasteiger partial charge in [-0.25, -0.2) is 0 Å². The van der Waals surface area contributed by atoms with E-state index >= 15 is 0 Å². The number of benzene rings is 1. The van der Waals surface area contributed by atoms with Crippen molar-refractivity contribution in [2.75, 3.05) is 20.8 Å². The fourth-order valence-electron chi connectivity index (χ4n) is 4.25. The van der Waals surface area contributed by atoms with Gasteiger partial charge in [0.1, 0.15) is 11.5 Å². The molecule has 0 aromatic heterocycles. The number of carbonyl (C=O) groups excluding carboxylic acids is 3. The van der Waals surface area contributed by atoms with Crippen molar-refractivity contribution in [2.45, 2.75) is 71.6 Å². The number of ether oxygens (including phenoxy) is 3. The fourth-order valence-corrected chi connectivity index (χ4v) is 4.25. The van der Waals surface area contributed by atoms with Crippen LogP contribution in [0, 0.1) is 11.8 Å². The maximum atomic E-state index is 12.8. The predicted octanol–water partition coefficient (Wildman–Crippen LogP) is 4.32. The molecule has 172 valence electrons. The molecule has 0 amide bonds. The highest BCUT2D eigenvalue weighted by molar-refractivity contribution is 5.96. The van der Waals surface area contributed by atoms with Gasteiger partial charge in [0.25, 0.3) is 0 Å². The van der Waals surface area contributed by atoms with Gasteiger partial charge in [-0.05, 0) is 28.9 Å². The molecule has 2 unspecified atom stereocenters. The van der Waals surface area contributed by atoms with Crippen molar-refractivity contribution in [1.82, 2.24) is 0 Å². The third kappa shape index (κ3) is 5.28. The van der Waals surface area contributed by atoms with E-state index in [2.05, 4.69) is 47.6 Å². The van der Waals surface area contributed by atoms with E-state index in [1.807, 2.05) is 6.07 Å². The molecule has 2 rings (SSSR count). The number of hydrogen-bond donors (Lipinski definition) is 0. The minimum absolute atomic E-state index is 0.0291. The number of Topliss-reactive ketones (excluding diaryl/α,β-unsaturated/α-hetero) is 1. The molecular weight excluding hydrogens is 396 g/mol. The molecule has 0 aliphatic carbocycles. The normalized spacial score (nSPS) is 18.8. The molecule has 0 bridgehead atoms. The summed E-state index contributed by atoms with van der Waals surface area (Å²) in [5.74, 6) is -2.80. The molecule has 6 nitrogen and oxygen atoms in total. The number of methoxy groups -OCH3 is 2. The molecule has 0 N–H and O–H groups in total. The third-order valence-corrected chi connectivity index (χ3v) is 5.92. The smallest absolute Gasteiger partial charge is 0.320 e. The second kappa shape index (κ2) is 9.01. The van der Waals surface area contributed by atoms with Gasteiger partial charge in [0.2, 0.25) is 0 Å². The first kappa shape index (κ1) is 24.9. The Labute approximate surface area is 185 Å². The average Bonchev–Trinajstić information content (AvgIpc) is 2.66. The number of rotatable bonds is 5. The molecule has 1 aliphatic rings. The Balaban J connectivity index is 2.87. The third-order valence-electron chi connectivity index (χ3n) is 5.92. The number of hydrogen-bond acceptors (Lipinski definition) is 6. The van der Waals surface area contributed by atoms with Crippen LogP contribution in [-0.4, -0.2) is 38.5 Å². The van der Waals surface area contributed by atoms with Crippen LogP contribution in [0.15, 0.2) is 12.1 Å². The number of fused-ring (bicyclic) bond motifs is 1. The van der Waals surface area contributed by atoms with Gasteiger partial charge < -0.3 is 19.0 Å². The molecule has 31 heavy (non-hydrogen) atoms. The Morgan fingerprint density at radius 3 is 1.97 bits per heavy atom. The van der Waals surface area contributed by atoms with Crippen molar-refractivity contribution < 1.29 is 28.6 Å². The van der Waals surface area contributed by atoms with Gasteiger partial charge in [0.05, 0.1) is 20.8 Å². The molecule has 0 saturated heterocycles. The minimum atomic E-state index is -1.18. The van der Waals surface area contributed by atoms with Crippen LogP contribution in [0.3, 0.4) is 0 Å². The van der Waals surface area contributed by atoms with Crippen LogP contribution in [0.25, 0.3) is 0 Å². The Morgan fingerprint density at radius 2 is 1.55 bits per heavy atom. The lowest BCUT2D eigenvalue weighted by atomic mass is 9.69. The predicted molar refractivity (Wildman–Crippen MR) is 118 cm³/mol. The van der Waals surface area contributed by atoms with E-state index in [4.69, 9.17) is 14.2 Å². The zero-order chi connectivity index (χ0) is 23.7. The van der Waals surface area contributed by atoms with Gasteiger partial charge in [-0.15, -0.1) is 0 Å². The molecule has 1 aliphatic heterocycles. The van der Waals surface area contributed by atoms with Gasteiger partial charge in [-0.3, -0.25) is 9.59 Å². The highest BCUT2D eigenvalue weighted by Gasteiger charge is 2.47. The molecule has 1 aromatic carbocycles. The van der Waals surface area contributed by atoms with Crippen LogP contribution < -0.4 is 4.74 Å². The molecule has 0 spiro atoms. The second-order valence-corrected chi connectivity index (χ2v) is 10.5. The van der Waals surface area contributed by atoms with Crippen LogP contribution >= 0.6 is 0 Å². The van der Waals surface area contributed by atoms with Gasteiger partial charge >= 0.3 is 11.9 Å². The summed E-state index contributed by atoms with van der Waals surface area (Å²) >= 11 is 0. The van der Waals surface area contributed by atoms with Crippen molar-refractivity contribution in [2.24, 2.45) is 11.8 Å². The maximum Gasteiger partial charge on any atom is 0.320 e. The lowest BCUT2D eigenvalue weighted by molar-refractivity contribution is -0.161. The first-order valence-electron chi connectivity index (χ1n) is 10.7. The van der Waals surface area contributed by atoms with E-state index in [-0.39, 0.29) is 35.6 Å². The van der Waals surface area contributed by atoms with E-state index in [1.165, 1.54) is 21.1 Å². The molecule has 6 heteroatoms. The summed E-state index contributed by atoms with van der Waals surface area (Å²) in [6, 6.07) is 4.16. The fraction of sp³-hybridized carbons (Fsp3) is 0.640. The van der Waals surface area contributed by atoms with Crippen molar-refractivity contribution >= 4 is 17.7 Å². The maximum absolute atomic E-state index is 12.8. The van der Waals surface area contributed by atoms with Crippen LogP contribution in [0.2, 0.25) is 0 Å². The topological polar surface area (TPSA) is 78.9 Å². The van der Waals surface area contributed by atoms with Crippen molar-refractivity contribution in [3.8, 4) is 5.75 Å². The molecule has 0 radical (unpaired) electrons. The number of esters is 2. The summed E-state index contributed by atoms with van der Waals surface area (Å²) in [6.45, 7) is 14.4. The summed E-state index contributed by atoms with van der Waals surface area (Å²) in [5.41, 5.74) is 2.45. The molecule has 0 fully saturated rings. The Morgan fingerprint density at radius 1 is 1.00 bits per heavy atom. The molecular formula is C25H36O6. The van der Waals surface area contributed by atoms with Crippen LogP contribution in [-0.2, 0) is 34.7 Å². The monoisotopic (exact) mass is 432 g/mol. The average molecular weight is 433 g/mol. The SMILES string of the molecule is COC(=O)C(C(=O)OC)C1c2cc(C(C)(C)C)cc(C(C)(C)C)c2OCC1CC(C)=O. The van der Waals surface area contributed by atoms with E-state index in [1.54, 1.807) is 0 Å². The van der Waals surface area contributed by atoms with Crippen LogP contribution in [0.4, 0.5) is 0 Å². The van der Waals surface area contributed by atoms with Crippen molar-refractivity contribution in [3.05, 3.63) is 28.8 Å². The zero-order valence-corrected chi connectivity index (χ0v) is 20.3. The Kier molecular flexibility index (Phi) is 7.24. The van der Waals surface area contributed by atoms with Crippen molar-refractivity contribution in [3.63, 3.8) is 0 Å². The standard InChI is InChI=1S/C25H36O6/c1-14(26)10-15-13-31-21-17(19(15)20(22(27)29-8)23(28)30-9)11-16(24(2,3)4)12-18(21)25(5,6)7/h11-12,15,19-20H,10,13H2,1-9H3. The van der Waals surface area contributed by atoms with Crippen LogP contribution in [0.5, 0.6) is 5.75 Å². The lowest BCUT2D eigenvalue weighted by Gasteiger charge is -2.39. The van der Waals surface area contributed by atoms with E-state index in [0.717, 1.165) is 16.7 Å². The molecule has 1 heterocycles. The number of ketones is 1. The van der Waals surface area contributed by atoms with Gasteiger partial charge in [0, 0.05) is 23.8 Å². The minimum Gasteiger partial charge on any atom is -0.493 e. The molecule has 0 saturated carbocycles. The van der Waals surface area contributed by atoms with Crippen molar-refractivity contribution in [1.29, 1.82) is 0 Å². The molecule has 2 atom stereocenters. The van der Waals surface area contributed by atoms with E-state index in [0.29, 0.717) is 5.75 Å². The highest BCUT2D eigenvalue weighted by atomic mass is 16.5. The summed E-state index contributed by atoms with van der Waals surface area (Å²) in [4.78, 5) is 37.6. The Bertz CT molecular complexity index is 840. The van der Waals surface area contributed by atoms with Crippen LogP contribution in [0.1, 0.15) is 77.5 Å². The molecule has 1 aromatic rings. The quantitative estimate of drug-likeness (QED) is 0.509. The van der Waals surface area contributed by atoms with E-state index < -0.39 is 23.8 Å². The van der Waals surface area contributed by atoms with Gasteiger partial charge in [-0.1, -0.05) is 53.7 Å². The first-order valence-corrected chi connectivity index (χ1v) is 10.7. The van der Waals surface area contributed by atoms with Gasteiger partial charge in [-0.2, -0.15) is 0 Å². The summed E-state index contributed by atoms with van der Waals surface area (Å²) < 4.78 is 16.2. The van der Waals surface area contributed by atoms with E-state index in [9.17, 15) is 14.4 Å². The second-order valence-electron chi connectivity index (χ2n) is 10.5. The highest BCUT2D eigenvalue weighted by Crippen LogP contribution is 2.49.